The maximum atomic E-state index is 12.5. The van der Waals surface area contributed by atoms with Gasteiger partial charge in [-0.3, -0.25) is 9.69 Å². The van der Waals surface area contributed by atoms with Crippen LogP contribution in [0.3, 0.4) is 0 Å². The summed E-state index contributed by atoms with van der Waals surface area (Å²) in [7, 11) is 0. The van der Waals surface area contributed by atoms with E-state index in [0.717, 1.165) is 31.7 Å². The molecule has 0 radical (unpaired) electrons. The maximum Gasteiger partial charge on any atom is 0.154 e. The molecule has 0 amide bonds. The van der Waals surface area contributed by atoms with Crippen LogP contribution in [0.1, 0.15) is 24.9 Å². The van der Waals surface area contributed by atoms with E-state index >= 15 is 0 Å². The van der Waals surface area contributed by atoms with Crippen LogP contribution in [0.4, 0.5) is 0 Å². The first-order valence-corrected chi connectivity index (χ1v) is 7.76. The Labute approximate surface area is 125 Å². The van der Waals surface area contributed by atoms with Crippen LogP contribution in [0.5, 0.6) is 0 Å². The van der Waals surface area contributed by atoms with Crippen molar-refractivity contribution in [2.45, 2.75) is 19.4 Å². The van der Waals surface area contributed by atoms with Gasteiger partial charge in [0.2, 0.25) is 0 Å². The second kappa shape index (κ2) is 6.37. The summed E-state index contributed by atoms with van der Waals surface area (Å²) >= 11 is 0. The first-order chi connectivity index (χ1) is 10.3. The number of fused-ring (bicyclic) bond motifs is 1. The van der Waals surface area contributed by atoms with Crippen LogP contribution < -0.4 is 5.32 Å². The van der Waals surface area contributed by atoms with E-state index in [1.165, 1.54) is 10.8 Å². The van der Waals surface area contributed by atoms with Crippen molar-refractivity contribution >= 4 is 16.6 Å². The minimum Gasteiger partial charge on any atom is -0.314 e. The first-order valence-electron chi connectivity index (χ1n) is 7.76. The Bertz CT molecular complexity index is 632. The molecule has 3 rings (SSSR count). The van der Waals surface area contributed by atoms with Crippen molar-refractivity contribution < 1.29 is 4.79 Å². The summed E-state index contributed by atoms with van der Waals surface area (Å²) in [6, 6.07) is 14.6. The van der Waals surface area contributed by atoms with E-state index in [-0.39, 0.29) is 6.04 Å². The van der Waals surface area contributed by atoms with Crippen molar-refractivity contribution in [3.8, 4) is 0 Å². The van der Waals surface area contributed by atoms with Crippen molar-refractivity contribution in [3.05, 3.63) is 48.0 Å². The van der Waals surface area contributed by atoms with Crippen molar-refractivity contribution in [2.75, 3.05) is 26.2 Å². The van der Waals surface area contributed by atoms with E-state index < -0.39 is 0 Å². The molecular formula is C18H22N2O. The molecule has 0 spiro atoms. The Morgan fingerprint density at radius 2 is 1.86 bits per heavy atom. The summed E-state index contributed by atoms with van der Waals surface area (Å²) < 4.78 is 0. The van der Waals surface area contributed by atoms with Crippen LogP contribution in [0, 0.1) is 0 Å². The molecule has 0 aromatic heterocycles. The van der Waals surface area contributed by atoms with Crippen LogP contribution in [-0.2, 0) is 4.79 Å². The van der Waals surface area contributed by atoms with Crippen LogP contribution >= 0.6 is 0 Å². The van der Waals surface area contributed by atoms with Gasteiger partial charge in [0.05, 0.1) is 6.04 Å². The summed E-state index contributed by atoms with van der Waals surface area (Å²) in [6.07, 6.45) is 0.585. The average Bonchev–Trinajstić information content (AvgIpc) is 2.56. The fourth-order valence-electron chi connectivity index (χ4n) is 3.11. The fraction of sp³-hybridized carbons (Fsp3) is 0.389. The third-order valence-corrected chi connectivity index (χ3v) is 4.26. The minimum atomic E-state index is -0.0956. The monoisotopic (exact) mass is 282 g/mol. The van der Waals surface area contributed by atoms with Gasteiger partial charge < -0.3 is 5.32 Å². The summed E-state index contributed by atoms with van der Waals surface area (Å²) in [5.41, 5.74) is 1.13. The van der Waals surface area contributed by atoms with E-state index in [1.807, 2.05) is 19.1 Å². The highest BCUT2D eigenvalue weighted by molar-refractivity contribution is 5.88. The molecule has 0 bridgehead atoms. The van der Waals surface area contributed by atoms with Crippen LogP contribution in [0.25, 0.3) is 10.8 Å². The largest absolute Gasteiger partial charge is 0.314 e. The van der Waals surface area contributed by atoms with Gasteiger partial charge in [-0.1, -0.05) is 43.3 Å². The van der Waals surface area contributed by atoms with Crippen molar-refractivity contribution in [3.63, 3.8) is 0 Å². The number of carbonyl (C=O) groups is 1. The molecule has 2 aromatic rings. The molecule has 3 heteroatoms. The van der Waals surface area contributed by atoms with Crippen molar-refractivity contribution in [2.24, 2.45) is 0 Å². The molecule has 1 aliphatic rings. The lowest BCUT2D eigenvalue weighted by atomic mass is 9.96. The average molecular weight is 282 g/mol. The summed E-state index contributed by atoms with van der Waals surface area (Å²) in [4.78, 5) is 14.8. The molecule has 21 heavy (non-hydrogen) atoms. The normalized spacial score (nSPS) is 17.8. The first kappa shape index (κ1) is 14.2. The molecule has 1 N–H and O–H groups in total. The summed E-state index contributed by atoms with van der Waals surface area (Å²) in [5.74, 6) is 0.312. The molecule has 0 aliphatic carbocycles. The van der Waals surface area contributed by atoms with Gasteiger partial charge in [-0.15, -0.1) is 0 Å². The maximum absolute atomic E-state index is 12.5. The standard InChI is InChI=1S/C18H22N2O/c1-2-17(21)18(20-11-9-19-10-12-20)16-8-7-14-5-3-4-6-15(14)13-16/h3-8,13,18-19H,2,9-12H2,1H3. The number of Topliss-reactive ketones (excluding diaryl/α,β-unsaturated/α-hetero) is 1. The van der Waals surface area contributed by atoms with E-state index in [4.69, 9.17) is 0 Å². The molecule has 1 aliphatic heterocycles. The summed E-state index contributed by atoms with van der Waals surface area (Å²) in [5, 5.41) is 5.79. The number of nitrogens with zero attached hydrogens (tertiary/aromatic N) is 1. The molecule has 3 nitrogen and oxygen atoms in total. The molecule has 1 saturated heterocycles. The Balaban J connectivity index is 1.98. The van der Waals surface area contributed by atoms with Crippen LogP contribution in [0.2, 0.25) is 0 Å². The molecule has 110 valence electrons. The van der Waals surface area contributed by atoms with Crippen molar-refractivity contribution in [1.82, 2.24) is 10.2 Å². The number of hydrogen-bond acceptors (Lipinski definition) is 3. The van der Waals surface area contributed by atoms with Gasteiger partial charge >= 0.3 is 0 Å². The Hall–Kier alpha value is -1.71. The Morgan fingerprint density at radius 3 is 2.57 bits per heavy atom. The Kier molecular flexibility index (Phi) is 4.32. The van der Waals surface area contributed by atoms with Gasteiger partial charge in [0.15, 0.2) is 5.78 Å². The zero-order valence-corrected chi connectivity index (χ0v) is 12.5. The van der Waals surface area contributed by atoms with Gasteiger partial charge in [0.25, 0.3) is 0 Å². The second-order valence-corrected chi connectivity index (χ2v) is 5.61. The predicted octanol–water partition coefficient (Wildman–Crippen LogP) is 2.77. The third kappa shape index (κ3) is 2.99. The molecule has 1 unspecified atom stereocenters. The van der Waals surface area contributed by atoms with E-state index in [1.54, 1.807) is 0 Å². The molecule has 2 aromatic carbocycles. The molecule has 1 atom stereocenters. The van der Waals surface area contributed by atoms with Gasteiger partial charge in [-0.2, -0.15) is 0 Å². The van der Waals surface area contributed by atoms with E-state index in [2.05, 4.69) is 40.5 Å². The van der Waals surface area contributed by atoms with Crippen molar-refractivity contribution in [1.29, 1.82) is 0 Å². The third-order valence-electron chi connectivity index (χ3n) is 4.26. The van der Waals surface area contributed by atoms with E-state index in [9.17, 15) is 4.79 Å². The smallest absolute Gasteiger partial charge is 0.154 e. The minimum absolute atomic E-state index is 0.0956. The van der Waals surface area contributed by atoms with E-state index in [0.29, 0.717) is 12.2 Å². The van der Waals surface area contributed by atoms with Gasteiger partial charge in [-0.25, -0.2) is 0 Å². The quantitative estimate of drug-likeness (QED) is 0.936. The zero-order valence-electron chi connectivity index (χ0n) is 12.5. The Morgan fingerprint density at radius 1 is 1.14 bits per heavy atom. The lowest BCUT2D eigenvalue weighted by molar-refractivity contribution is -0.124. The second-order valence-electron chi connectivity index (χ2n) is 5.61. The number of ketones is 1. The highest BCUT2D eigenvalue weighted by atomic mass is 16.1. The lowest BCUT2D eigenvalue weighted by Gasteiger charge is -2.34. The van der Waals surface area contributed by atoms with Gasteiger partial charge in [-0.05, 0) is 22.4 Å². The molecule has 1 fully saturated rings. The van der Waals surface area contributed by atoms with Gasteiger partial charge in [0, 0.05) is 32.6 Å². The molecule has 1 heterocycles. The summed E-state index contributed by atoms with van der Waals surface area (Å²) in [6.45, 7) is 5.74. The molecule has 0 saturated carbocycles. The number of piperazine rings is 1. The lowest BCUT2D eigenvalue weighted by Crippen LogP contribution is -2.47. The van der Waals surface area contributed by atoms with Gasteiger partial charge in [0.1, 0.15) is 0 Å². The molecular weight excluding hydrogens is 260 g/mol. The highest BCUT2D eigenvalue weighted by Gasteiger charge is 2.27. The number of carbonyl (C=O) groups excluding carboxylic acids is 1. The van der Waals surface area contributed by atoms with Crippen LogP contribution in [-0.4, -0.2) is 36.9 Å². The number of hydrogen-bond donors (Lipinski definition) is 1. The zero-order chi connectivity index (χ0) is 14.7. The number of rotatable bonds is 4. The fourth-order valence-corrected chi connectivity index (χ4v) is 3.11. The SMILES string of the molecule is CCC(=O)C(c1ccc2ccccc2c1)N1CCNCC1. The predicted molar refractivity (Wildman–Crippen MR) is 86.4 cm³/mol. The number of nitrogens with one attached hydrogen (secondary N) is 1. The number of benzene rings is 2. The topological polar surface area (TPSA) is 32.3 Å². The highest BCUT2D eigenvalue weighted by Crippen LogP contribution is 2.26. The van der Waals surface area contributed by atoms with Crippen LogP contribution in [0.15, 0.2) is 42.5 Å².